The van der Waals surface area contributed by atoms with Crippen LogP contribution in [-0.2, 0) is 27.4 Å². The molecule has 1 saturated carbocycles. The van der Waals surface area contributed by atoms with E-state index in [1.54, 1.807) is 6.20 Å². The molecule has 0 amide bonds. The molecule has 1 aromatic carbocycles. The second kappa shape index (κ2) is 12.7. The summed E-state index contributed by atoms with van der Waals surface area (Å²) in [4.78, 5) is 35.2. The van der Waals surface area contributed by atoms with Crippen LogP contribution in [0.15, 0.2) is 35.3 Å². The second-order valence-electron chi connectivity index (χ2n) is 11.9. The third-order valence-corrected chi connectivity index (χ3v) is 8.02. The van der Waals surface area contributed by atoms with E-state index in [9.17, 15) is 9.59 Å². The molecule has 3 aromatic rings. The number of benzene rings is 1. The fourth-order valence-corrected chi connectivity index (χ4v) is 5.83. The standard InChI is InChI=1S/C31H43N5O4/c1-20(2)13-27(31(38)40-24-7-5-6-8-24)32-16-22-9-10-28-26(15-22)34-29(23-14-21(3)30(37)33-17-23)36(28)19-25-18-35(4)11-12-39-25/h9-10,14-15,17,20,24-25,27,32H,5-8,11-13,16,18-19H2,1-4H3,(H,33,37)/t25-,27?/m1/s1. The minimum atomic E-state index is -0.339. The highest BCUT2D eigenvalue weighted by atomic mass is 16.5. The number of esters is 1. The molecule has 0 spiro atoms. The molecular formula is C31H43N5O4. The minimum absolute atomic E-state index is 0.0442. The van der Waals surface area contributed by atoms with Gasteiger partial charge in [0.15, 0.2) is 0 Å². The summed E-state index contributed by atoms with van der Waals surface area (Å²) in [5, 5.41) is 3.47. The van der Waals surface area contributed by atoms with Gasteiger partial charge in [0.2, 0.25) is 0 Å². The summed E-state index contributed by atoms with van der Waals surface area (Å²) in [5.41, 5.74) is 4.35. The number of carbonyl (C=O) groups is 1. The van der Waals surface area contributed by atoms with Crippen molar-refractivity contribution in [2.24, 2.45) is 5.92 Å². The van der Waals surface area contributed by atoms with Crippen LogP contribution in [0, 0.1) is 12.8 Å². The van der Waals surface area contributed by atoms with E-state index in [1.807, 2.05) is 13.0 Å². The van der Waals surface area contributed by atoms with Gasteiger partial charge in [0.25, 0.3) is 5.56 Å². The van der Waals surface area contributed by atoms with Gasteiger partial charge < -0.3 is 29.2 Å². The summed E-state index contributed by atoms with van der Waals surface area (Å²) in [6.07, 6.45) is 6.78. The van der Waals surface area contributed by atoms with Crippen LogP contribution in [-0.4, -0.2) is 70.4 Å². The zero-order valence-electron chi connectivity index (χ0n) is 24.2. The van der Waals surface area contributed by atoms with E-state index < -0.39 is 0 Å². The molecule has 3 heterocycles. The molecule has 1 aliphatic heterocycles. The highest BCUT2D eigenvalue weighted by molar-refractivity contribution is 5.81. The first-order valence-electron chi connectivity index (χ1n) is 14.7. The Morgan fingerprint density at radius 3 is 2.77 bits per heavy atom. The Labute approximate surface area is 236 Å². The van der Waals surface area contributed by atoms with Crippen molar-refractivity contribution in [2.75, 3.05) is 26.7 Å². The number of pyridine rings is 1. The van der Waals surface area contributed by atoms with E-state index >= 15 is 0 Å². The Morgan fingerprint density at radius 2 is 2.05 bits per heavy atom. The van der Waals surface area contributed by atoms with Crippen LogP contribution in [0.3, 0.4) is 0 Å². The van der Waals surface area contributed by atoms with Gasteiger partial charge in [-0.05, 0) is 75.8 Å². The molecule has 40 heavy (non-hydrogen) atoms. The van der Waals surface area contributed by atoms with Gasteiger partial charge in [-0.25, -0.2) is 4.98 Å². The third-order valence-electron chi connectivity index (χ3n) is 8.02. The lowest BCUT2D eigenvalue weighted by molar-refractivity contribution is -0.151. The monoisotopic (exact) mass is 549 g/mol. The Morgan fingerprint density at radius 1 is 1.25 bits per heavy atom. The zero-order valence-corrected chi connectivity index (χ0v) is 24.2. The lowest BCUT2D eigenvalue weighted by atomic mass is 10.0. The number of nitrogens with zero attached hydrogens (tertiary/aromatic N) is 3. The summed E-state index contributed by atoms with van der Waals surface area (Å²) >= 11 is 0. The van der Waals surface area contributed by atoms with Gasteiger partial charge in [-0.1, -0.05) is 19.9 Å². The molecule has 2 atom stereocenters. The molecule has 2 fully saturated rings. The first-order chi connectivity index (χ1) is 19.3. The molecule has 1 saturated heterocycles. The van der Waals surface area contributed by atoms with E-state index in [0.29, 0.717) is 31.2 Å². The maximum Gasteiger partial charge on any atom is 0.323 e. The van der Waals surface area contributed by atoms with Crippen LogP contribution >= 0.6 is 0 Å². The molecule has 9 heteroatoms. The van der Waals surface area contributed by atoms with E-state index in [4.69, 9.17) is 14.5 Å². The number of aromatic amines is 1. The Bertz CT molecular complexity index is 1370. The van der Waals surface area contributed by atoms with Crippen molar-refractivity contribution >= 4 is 17.0 Å². The van der Waals surface area contributed by atoms with Crippen molar-refractivity contribution in [3.63, 3.8) is 0 Å². The number of fused-ring (bicyclic) bond motifs is 1. The number of aromatic nitrogens is 3. The molecule has 216 valence electrons. The number of likely N-dealkylation sites (N-methyl/N-ethyl adjacent to an activating group) is 1. The number of aryl methyl sites for hydroxylation is 1. The largest absolute Gasteiger partial charge is 0.461 e. The number of nitrogens with one attached hydrogen (secondary N) is 2. The molecule has 0 radical (unpaired) electrons. The highest BCUT2D eigenvalue weighted by Crippen LogP contribution is 2.27. The van der Waals surface area contributed by atoms with Crippen LogP contribution in [0.1, 0.15) is 57.1 Å². The van der Waals surface area contributed by atoms with Crippen molar-refractivity contribution < 1.29 is 14.3 Å². The number of ether oxygens (including phenoxy) is 2. The maximum atomic E-state index is 13.0. The molecule has 1 aliphatic carbocycles. The zero-order chi connectivity index (χ0) is 28.2. The summed E-state index contributed by atoms with van der Waals surface area (Å²) < 4.78 is 14.1. The summed E-state index contributed by atoms with van der Waals surface area (Å²) in [7, 11) is 2.11. The normalized spacial score (nSPS) is 19.5. The predicted molar refractivity (Wildman–Crippen MR) is 156 cm³/mol. The molecule has 1 unspecified atom stereocenters. The van der Waals surface area contributed by atoms with Crippen LogP contribution in [0.2, 0.25) is 0 Å². The molecule has 2 N–H and O–H groups in total. The number of imidazole rings is 1. The quantitative estimate of drug-likeness (QED) is 0.369. The fourth-order valence-electron chi connectivity index (χ4n) is 5.83. The average molecular weight is 550 g/mol. The molecule has 9 nitrogen and oxygen atoms in total. The number of rotatable bonds is 10. The van der Waals surface area contributed by atoms with Gasteiger partial charge in [-0.15, -0.1) is 0 Å². The Balaban J connectivity index is 1.40. The van der Waals surface area contributed by atoms with Crippen molar-refractivity contribution in [1.29, 1.82) is 0 Å². The number of morpholine rings is 1. The van der Waals surface area contributed by atoms with Gasteiger partial charge in [0.1, 0.15) is 18.0 Å². The molecule has 5 rings (SSSR count). The molecular weight excluding hydrogens is 506 g/mol. The third kappa shape index (κ3) is 6.82. The Kier molecular flexibility index (Phi) is 9.03. The lowest BCUT2D eigenvalue weighted by Gasteiger charge is -2.30. The predicted octanol–water partition coefficient (Wildman–Crippen LogP) is 4.02. The van der Waals surface area contributed by atoms with Gasteiger partial charge in [0.05, 0.1) is 30.3 Å². The first kappa shape index (κ1) is 28.5. The number of H-pyrrole nitrogens is 1. The van der Waals surface area contributed by atoms with E-state index in [2.05, 4.69) is 58.9 Å². The number of hydrogen-bond donors (Lipinski definition) is 2. The number of carbonyl (C=O) groups excluding carboxylic acids is 1. The summed E-state index contributed by atoms with van der Waals surface area (Å²) in [5.74, 6) is 1.03. The van der Waals surface area contributed by atoms with E-state index in [1.165, 1.54) is 0 Å². The molecule has 2 aliphatic rings. The maximum absolute atomic E-state index is 13.0. The summed E-state index contributed by atoms with van der Waals surface area (Å²) in [6, 6.07) is 7.83. The van der Waals surface area contributed by atoms with E-state index in [-0.39, 0.29) is 29.8 Å². The van der Waals surface area contributed by atoms with Gasteiger partial charge in [-0.2, -0.15) is 0 Å². The van der Waals surface area contributed by atoms with Crippen molar-refractivity contribution in [3.8, 4) is 11.4 Å². The fraction of sp³-hybridized carbons (Fsp3) is 0.581. The van der Waals surface area contributed by atoms with Gasteiger partial charge >= 0.3 is 5.97 Å². The van der Waals surface area contributed by atoms with Crippen LogP contribution in [0.25, 0.3) is 22.4 Å². The van der Waals surface area contributed by atoms with E-state index in [0.717, 1.165) is 73.2 Å². The first-order valence-corrected chi connectivity index (χ1v) is 14.7. The topological polar surface area (TPSA) is 101 Å². The van der Waals surface area contributed by atoms with Crippen LogP contribution in [0.5, 0.6) is 0 Å². The van der Waals surface area contributed by atoms with Crippen molar-refractivity contribution in [3.05, 3.63) is 51.9 Å². The minimum Gasteiger partial charge on any atom is -0.461 e. The van der Waals surface area contributed by atoms with Crippen molar-refractivity contribution in [1.82, 2.24) is 24.8 Å². The average Bonchev–Trinajstić information content (AvgIpc) is 3.55. The van der Waals surface area contributed by atoms with Crippen LogP contribution in [0.4, 0.5) is 0 Å². The smallest absolute Gasteiger partial charge is 0.323 e. The van der Waals surface area contributed by atoms with Crippen molar-refractivity contribution in [2.45, 2.75) is 84.2 Å². The van der Waals surface area contributed by atoms with Crippen LogP contribution < -0.4 is 10.9 Å². The Hall–Kier alpha value is -3.01. The molecule has 0 bridgehead atoms. The molecule has 2 aromatic heterocycles. The van der Waals surface area contributed by atoms with Gasteiger partial charge in [-0.3, -0.25) is 9.59 Å². The lowest BCUT2D eigenvalue weighted by Crippen LogP contribution is -2.42. The van der Waals surface area contributed by atoms with Gasteiger partial charge in [0, 0.05) is 37.0 Å². The highest BCUT2D eigenvalue weighted by Gasteiger charge is 2.26. The SMILES string of the molecule is Cc1cc(-c2nc3cc(CNC(CC(C)C)C(=O)OC4CCCC4)ccc3n2C[C@H]2CN(C)CCO2)c[nH]c1=O. The number of hydrogen-bond acceptors (Lipinski definition) is 7. The second-order valence-corrected chi connectivity index (χ2v) is 11.9. The summed E-state index contributed by atoms with van der Waals surface area (Å²) in [6.45, 7) is 9.75.